The van der Waals surface area contributed by atoms with Crippen LogP contribution in [0.2, 0.25) is 5.02 Å². The Bertz CT molecular complexity index is 1360. The van der Waals surface area contributed by atoms with Gasteiger partial charge in [0.15, 0.2) is 0 Å². The molecule has 4 N–H and O–H groups in total. The average molecular weight is 541 g/mol. The normalized spacial score (nSPS) is 15.4. The summed E-state index contributed by atoms with van der Waals surface area (Å²) in [4.78, 5) is 19.7. The average Bonchev–Trinajstić information content (AvgIpc) is 3.32. The maximum atomic E-state index is 14.0. The van der Waals surface area contributed by atoms with Crippen LogP contribution in [0.25, 0.3) is 11.1 Å². The molecule has 0 bridgehead atoms. The molecule has 3 aromatic rings. The number of amides is 1. The van der Waals surface area contributed by atoms with Gasteiger partial charge in [0.1, 0.15) is 23.1 Å². The quantitative estimate of drug-likeness (QED) is 0.273. The molecule has 0 saturated carbocycles. The Balaban J connectivity index is 1.67. The number of allylic oxidation sites excluding steroid dienone is 1. The molecule has 1 unspecified atom stereocenters. The summed E-state index contributed by atoms with van der Waals surface area (Å²) in [5, 5.41) is 23.8. The fraction of sp³-hybridized carbons (Fsp3) is 0.296. The molecule has 4 rings (SSSR count). The van der Waals surface area contributed by atoms with Gasteiger partial charge in [-0.05, 0) is 48.4 Å². The Morgan fingerprint density at radius 1 is 1.34 bits per heavy atom. The molecule has 0 spiro atoms. The van der Waals surface area contributed by atoms with Crippen molar-refractivity contribution in [1.82, 2.24) is 19.8 Å². The first-order valence-electron chi connectivity index (χ1n) is 12.1. The SMILES string of the molecule is CCN/C(=C\C=N)Nc1cc(-c2cc3n(c2)CC(COC)N(Cc2cc(F)ccc2CO)C3=O)c(Cl)cn1. The molecule has 1 aromatic carbocycles. The summed E-state index contributed by atoms with van der Waals surface area (Å²) in [5.41, 5.74) is 3.00. The highest BCUT2D eigenvalue weighted by Gasteiger charge is 2.34. The Hall–Kier alpha value is -3.73. The molecule has 0 radical (unpaired) electrons. The molecule has 3 heterocycles. The zero-order chi connectivity index (χ0) is 27.2. The third-order valence-electron chi connectivity index (χ3n) is 6.31. The Labute approximate surface area is 225 Å². The van der Waals surface area contributed by atoms with Crippen molar-refractivity contribution in [2.45, 2.75) is 32.7 Å². The first-order chi connectivity index (χ1) is 18.4. The van der Waals surface area contributed by atoms with Gasteiger partial charge in [-0.1, -0.05) is 17.7 Å². The number of methoxy groups -OCH3 is 1. The second-order valence-corrected chi connectivity index (χ2v) is 9.24. The maximum Gasteiger partial charge on any atom is 0.271 e. The second-order valence-electron chi connectivity index (χ2n) is 8.83. The number of fused-ring (bicyclic) bond motifs is 1. The van der Waals surface area contributed by atoms with Gasteiger partial charge in [-0.2, -0.15) is 0 Å². The van der Waals surface area contributed by atoms with Crippen molar-refractivity contribution in [3.8, 4) is 11.1 Å². The predicted octanol–water partition coefficient (Wildman–Crippen LogP) is 4.02. The number of hydrogen-bond acceptors (Lipinski definition) is 7. The van der Waals surface area contributed by atoms with Gasteiger partial charge in [0.25, 0.3) is 5.91 Å². The number of carbonyl (C=O) groups excluding carboxylic acids is 1. The Kier molecular flexibility index (Phi) is 8.77. The van der Waals surface area contributed by atoms with Crippen molar-refractivity contribution < 1.29 is 19.0 Å². The summed E-state index contributed by atoms with van der Waals surface area (Å²) in [6.45, 7) is 3.25. The number of aliphatic hydroxyl groups is 1. The van der Waals surface area contributed by atoms with E-state index in [4.69, 9.17) is 21.7 Å². The summed E-state index contributed by atoms with van der Waals surface area (Å²) in [5.74, 6) is 0.479. The van der Waals surface area contributed by atoms with E-state index in [1.165, 1.54) is 30.6 Å². The number of anilines is 1. The van der Waals surface area contributed by atoms with Crippen molar-refractivity contribution in [3.63, 3.8) is 0 Å². The van der Waals surface area contributed by atoms with Gasteiger partial charge in [0, 0.05) is 56.5 Å². The van der Waals surface area contributed by atoms with Crippen LogP contribution in [0.1, 0.15) is 28.5 Å². The van der Waals surface area contributed by atoms with Crippen molar-refractivity contribution in [2.75, 3.05) is 25.6 Å². The van der Waals surface area contributed by atoms with E-state index in [0.29, 0.717) is 58.7 Å². The summed E-state index contributed by atoms with van der Waals surface area (Å²) in [7, 11) is 1.57. The third-order valence-corrected chi connectivity index (χ3v) is 6.61. The van der Waals surface area contributed by atoms with Crippen molar-refractivity contribution in [2.24, 2.45) is 0 Å². The number of nitrogens with one attached hydrogen (secondary N) is 3. The van der Waals surface area contributed by atoms with Gasteiger partial charge in [-0.25, -0.2) is 9.37 Å². The molecule has 9 nitrogen and oxygen atoms in total. The molecule has 1 amide bonds. The van der Waals surface area contributed by atoms with Crippen LogP contribution in [0.4, 0.5) is 10.2 Å². The molecule has 200 valence electrons. The van der Waals surface area contributed by atoms with E-state index in [0.717, 1.165) is 5.56 Å². The van der Waals surface area contributed by atoms with Crippen molar-refractivity contribution in [1.29, 1.82) is 5.41 Å². The van der Waals surface area contributed by atoms with Crippen LogP contribution >= 0.6 is 11.6 Å². The van der Waals surface area contributed by atoms with Crippen LogP contribution in [-0.4, -0.2) is 58.0 Å². The Morgan fingerprint density at radius 3 is 2.87 bits per heavy atom. The van der Waals surface area contributed by atoms with E-state index in [9.17, 15) is 14.3 Å². The lowest BCUT2D eigenvalue weighted by molar-refractivity contribution is 0.0386. The molecule has 1 atom stereocenters. The number of pyridine rings is 1. The lowest BCUT2D eigenvalue weighted by Gasteiger charge is -2.36. The number of halogens is 2. The number of aromatic nitrogens is 2. The van der Waals surface area contributed by atoms with Gasteiger partial charge in [-0.3, -0.25) is 4.79 Å². The van der Waals surface area contributed by atoms with E-state index in [1.807, 2.05) is 17.7 Å². The number of hydrogen-bond donors (Lipinski definition) is 4. The molecule has 38 heavy (non-hydrogen) atoms. The second kappa shape index (κ2) is 12.2. The lowest BCUT2D eigenvalue weighted by atomic mass is 10.0. The standard InChI is InChI=1S/C27H30ClFN6O3/c1-3-31-25(6-7-30)33-26-10-22(23(28)11-32-26)19-9-24-27(37)35(21(16-38-2)14-34(24)12-19)13-18-8-20(29)5-4-17(18)15-36/h4-12,21,30-31,36H,3,13-16H2,1-2H3,(H,32,33)/b25-6+,30-7?. The number of nitrogens with zero attached hydrogens (tertiary/aromatic N) is 3. The van der Waals surface area contributed by atoms with E-state index in [-0.39, 0.29) is 25.1 Å². The van der Waals surface area contributed by atoms with E-state index >= 15 is 0 Å². The first kappa shape index (κ1) is 27.3. The van der Waals surface area contributed by atoms with Gasteiger partial charge in [-0.15, -0.1) is 0 Å². The van der Waals surface area contributed by atoms with Crippen molar-refractivity contribution in [3.05, 3.63) is 82.3 Å². The minimum Gasteiger partial charge on any atom is -0.392 e. The van der Waals surface area contributed by atoms with Gasteiger partial charge >= 0.3 is 0 Å². The number of aliphatic hydroxyl groups excluding tert-OH is 1. The van der Waals surface area contributed by atoms with Crippen LogP contribution in [-0.2, 0) is 24.4 Å². The van der Waals surface area contributed by atoms with Crippen LogP contribution in [0.3, 0.4) is 0 Å². The maximum absolute atomic E-state index is 14.0. The minimum atomic E-state index is -0.430. The topological polar surface area (TPSA) is 116 Å². The van der Waals surface area contributed by atoms with Crippen LogP contribution < -0.4 is 10.6 Å². The van der Waals surface area contributed by atoms with Crippen LogP contribution in [0.5, 0.6) is 0 Å². The lowest BCUT2D eigenvalue weighted by Crippen LogP contribution is -2.49. The van der Waals surface area contributed by atoms with Gasteiger partial charge < -0.3 is 35.4 Å². The molecular weight excluding hydrogens is 511 g/mol. The number of rotatable bonds is 11. The highest BCUT2D eigenvalue weighted by molar-refractivity contribution is 6.33. The first-order valence-corrected chi connectivity index (χ1v) is 12.5. The van der Waals surface area contributed by atoms with Gasteiger partial charge in [0.2, 0.25) is 0 Å². The molecule has 11 heteroatoms. The predicted molar refractivity (Wildman–Crippen MR) is 145 cm³/mol. The molecule has 0 aliphatic carbocycles. The minimum absolute atomic E-state index is 0.137. The highest BCUT2D eigenvalue weighted by Crippen LogP contribution is 2.33. The number of carbonyl (C=O) groups is 1. The highest BCUT2D eigenvalue weighted by atomic mass is 35.5. The monoisotopic (exact) mass is 540 g/mol. The van der Waals surface area contributed by atoms with Crippen LogP contribution in [0.15, 0.2) is 54.6 Å². The van der Waals surface area contributed by atoms with Crippen LogP contribution in [0, 0.1) is 11.2 Å². The van der Waals surface area contributed by atoms with E-state index in [2.05, 4.69) is 15.6 Å². The van der Waals surface area contributed by atoms with Crippen molar-refractivity contribution >= 4 is 29.5 Å². The zero-order valence-corrected chi connectivity index (χ0v) is 21.9. The molecule has 0 saturated heterocycles. The zero-order valence-electron chi connectivity index (χ0n) is 21.2. The fourth-order valence-electron chi connectivity index (χ4n) is 4.53. The summed E-state index contributed by atoms with van der Waals surface area (Å²) in [6.07, 6.45) is 6.16. The van der Waals surface area contributed by atoms with E-state index < -0.39 is 5.82 Å². The summed E-state index contributed by atoms with van der Waals surface area (Å²) in [6, 6.07) is 7.44. The largest absolute Gasteiger partial charge is 0.392 e. The van der Waals surface area contributed by atoms with Gasteiger partial charge in [0.05, 0.1) is 24.3 Å². The van der Waals surface area contributed by atoms with E-state index in [1.54, 1.807) is 30.2 Å². The summed E-state index contributed by atoms with van der Waals surface area (Å²) < 4.78 is 21.3. The molecule has 0 fully saturated rings. The molecule has 2 aromatic heterocycles. The molecule has 1 aliphatic rings. The number of ether oxygens (including phenoxy) is 1. The number of benzene rings is 1. The summed E-state index contributed by atoms with van der Waals surface area (Å²) >= 11 is 6.51. The third kappa shape index (κ3) is 5.88. The smallest absolute Gasteiger partial charge is 0.271 e. The molecular formula is C27H30ClFN6O3. The Morgan fingerprint density at radius 2 is 2.16 bits per heavy atom. The molecule has 1 aliphatic heterocycles. The fourth-order valence-corrected chi connectivity index (χ4v) is 4.74.